The summed E-state index contributed by atoms with van der Waals surface area (Å²) < 4.78 is 0. The van der Waals surface area contributed by atoms with Crippen molar-refractivity contribution in [2.75, 3.05) is 9.80 Å². The Balaban J connectivity index is 1.67. The molecule has 4 nitrogen and oxygen atoms in total. The number of nitrogens with zero attached hydrogens (tertiary/aromatic N) is 2. The molecule has 0 spiro atoms. The molecule has 0 saturated carbocycles. The van der Waals surface area contributed by atoms with Gasteiger partial charge in [-0.25, -0.2) is 0 Å². The highest BCUT2D eigenvalue weighted by Gasteiger charge is 2.50. The molecule has 4 aromatic rings. The van der Waals surface area contributed by atoms with E-state index in [0.717, 1.165) is 32.3 Å². The highest BCUT2D eigenvalue weighted by atomic mass is 32.1. The zero-order chi connectivity index (χ0) is 23.4. The lowest BCUT2D eigenvalue weighted by atomic mass is 10.1. The van der Waals surface area contributed by atoms with Gasteiger partial charge >= 0.3 is 0 Å². The Kier molecular flexibility index (Phi) is 4.86. The molecule has 166 valence electrons. The van der Waals surface area contributed by atoms with Gasteiger partial charge in [0.15, 0.2) is 0 Å². The minimum Gasteiger partial charge on any atom is -0.274 e. The maximum atomic E-state index is 14.1. The predicted molar refractivity (Wildman–Crippen MR) is 140 cm³/mol. The maximum Gasteiger partial charge on any atom is 0.266 e. The van der Waals surface area contributed by atoms with Crippen LogP contribution in [0.1, 0.15) is 20.9 Å². The van der Waals surface area contributed by atoms with E-state index >= 15 is 0 Å². The van der Waals surface area contributed by atoms with Crippen molar-refractivity contribution in [3.63, 3.8) is 0 Å². The molecule has 0 N–H and O–H groups in total. The van der Waals surface area contributed by atoms with E-state index in [1.54, 1.807) is 9.80 Å². The van der Waals surface area contributed by atoms with E-state index in [4.69, 9.17) is 0 Å². The molecule has 0 atom stereocenters. The predicted octanol–water partition coefficient (Wildman–Crippen LogP) is 6.64. The van der Waals surface area contributed by atoms with Gasteiger partial charge in [-0.15, -0.1) is 22.7 Å². The molecule has 2 aromatic heterocycles. The summed E-state index contributed by atoms with van der Waals surface area (Å²) in [5, 5.41) is 3.92. The average Bonchev–Trinajstić information content (AvgIpc) is 3.61. The maximum absolute atomic E-state index is 14.1. The Bertz CT molecular complexity index is 1360. The fourth-order valence-corrected chi connectivity index (χ4v) is 5.99. The van der Waals surface area contributed by atoms with Crippen LogP contribution >= 0.6 is 22.7 Å². The van der Waals surface area contributed by atoms with Crippen molar-refractivity contribution in [3.05, 3.63) is 116 Å². The monoisotopic (exact) mass is 480 g/mol. The van der Waals surface area contributed by atoms with Gasteiger partial charge in [0.25, 0.3) is 11.8 Å². The first-order chi connectivity index (χ1) is 16.5. The molecule has 6 rings (SSSR count). The topological polar surface area (TPSA) is 40.6 Å². The molecule has 34 heavy (non-hydrogen) atoms. The van der Waals surface area contributed by atoms with Crippen LogP contribution in [0.4, 0.5) is 11.4 Å². The van der Waals surface area contributed by atoms with Gasteiger partial charge in [0, 0.05) is 21.1 Å². The summed E-state index contributed by atoms with van der Waals surface area (Å²) in [6, 6.07) is 23.5. The molecule has 2 aromatic carbocycles. The standard InChI is InChI=1S/C28H20N2O2S2/c1-17-7-11-19(12-8-17)29-25-23(21-5-3-15-33-21)28(32)30(20-13-9-18(2)10-14-20)26(25)24(27(29)31)22-6-4-16-34-22/h3-16H,1-2H3. The Morgan fingerprint density at radius 2 is 0.941 bits per heavy atom. The summed E-state index contributed by atoms with van der Waals surface area (Å²) >= 11 is 3.02. The number of fused-ring (bicyclic) bond motifs is 1. The van der Waals surface area contributed by atoms with E-state index in [1.807, 2.05) is 97.4 Å². The van der Waals surface area contributed by atoms with Crippen molar-refractivity contribution in [1.82, 2.24) is 0 Å². The van der Waals surface area contributed by atoms with Crippen LogP contribution in [0.15, 0.2) is 95.0 Å². The highest BCUT2D eigenvalue weighted by Crippen LogP contribution is 2.51. The zero-order valence-corrected chi connectivity index (χ0v) is 20.2. The van der Waals surface area contributed by atoms with E-state index in [9.17, 15) is 9.59 Å². The van der Waals surface area contributed by atoms with E-state index in [2.05, 4.69) is 0 Å². The van der Waals surface area contributed by atoms with E-state index < -0.39 is 0 Å². The summed E-state index contributed by atoms with van der Waals surface area (Å²) in [5.74, 6) is -0.232. The van der Waals surface area contributed by atoms with Gasteiger partial charge in [0.1, 0.15) is 0 Å². The zero-order valence-electron chi connectivity index (χ0n) is 18.6. The quantitative estimate of drug-likeness (QED) is 0.328. The highest BCUT2D eigenvalue weighted by molar-refractivity contribution is 7.12. The number of carbonyl (C=O) groups is 2. The number of carbonyl (C=O) groups excluding carboxylic acids is 2. The molecule has 0 fully saturated rings. The molecule has 4 heterocycles. The number of aryl methyl sites for hydroxylation is 2. The van der Waals surface area contributed by atoms with Crippen LogP contribution in [0.2, 0.25) is 0 Å². The number of anilines is 2. The van der Waals surface area contributed by atoms with Gasteiger partial charge in [-0.2, -0.15) is 0 Å². The molecule has 2 amide bonds. The number of amides is 2. The molecular formula is C28H20N2O2S2. The third-order valence-electron chi connectivity index (χ3n) is 6.10. The smallest absolute Gasteiger partial charge is 0.266 e. The summed E-state index contributed by atoms with van der Waals surface area (Å²) in [4.78, 5) is 33.3. The first kappa shape index (κ1) is 20.8. The van der Waals surface area contributed by atoms with Crippen LogP contribution in [0.5, 0.6) is 0 Å². The molecule has 0 bridgehead atoms. The Labute approximate surface area is 205 Å². The number of hydrogen-bond donors (Lipinski definition) is 0. The van der Waals surface area contributed by atoms with Crippen LogP contribution in [0, 0.1) is 13.8 Å². The third kappa shape index (κ3) is 3.10. The Hall–Kier alpha value is -3.74. The van der Waals surface area contributed by atoms with Gasteiger partial charge in [-0.3, -0.25) is 19.4 Å². The van der Waals surface area contributed by atoms with Crippen LogP contribution in [0.3, 0.4) is 0 Å². The minimum absolute atomic E-state index is 0.116. The van der Waals surface area contributed by atoms with Crippen molar-refractivity contribution < 1.29 is 9.59 Å². The molecule has 0 saturated heterocycles. The summed E-state index contributed by atoms with van der Waals surface area (Å²) in [6.07, 6.45) is 0. The van der Waals surface area contributed by atoms with Gasteiger partial charge in [0.2, 0.25) is 0 Å². The largest absolute Gasteiger partial charge is 0.274 e. The van der Waals surface area contributed by atoms with Crippen molar-refractivity contribution in [1.29, 1.82) is 0 Å². The summed E-state index contributed by atoms with van der Waals surface area (Å²) in [7, 11) is 0. The van der Waals surface area contributed by atoms with E-state index in [-0.39, 0.29) is 11.8 Å². The fraction of sp³-hybridized carbons (Fsp3) is 0.0714. The van der Waals surface area contributed by atoms with Gasteiger partial charge in [-0.1, -0.05) is 47.5 Å². The van der Waals surface area contributed by atoms with E-state index in [1.165, 1.54) is 22.7 Å². The first-order valence-corrected chi connectivity index (χ1v) is 12.7. The fourth-order valence-electron chi connectivity index (χ4n) is 4.47. The second-order valence-electron chi connectivity index (χ2n) is 8.35. The van der Waals surface area contributed by atoms with Crippen LogP contribution in [-0.2, 0) is 9.59 Å². The van der Waals surface area contributed by atoms with Crippen molar-refractivity contribution in [2.24, 2.45) is 0 Å². The molecule has 2 aliphatic rings. The Morgan fingerprint density at radius 3 is 1.26 bits per heavy atom. The number of thiophene rings is 2. The molecule has 6 heteroatoms. The summed E-state index contributed by atoms with van der Waals surface area (Å²) in [6.45, 7) is 4.04. The SMILES string of the molecule is Cc1ccc(N2C(=O)C(c3cccs3)=C3C2=C(c2cccs2)C(=O)N3c2ccc(C)cc2)cc1. The van der Waals surface area contributed by atoms with Crippen molar-refractivity contribution >= 4 is 57.0 Å². The van der Waals surface area contributed by atoms with Gasteiger partial charge < -0.3 is 0 Å². The molecule has 2 aliphatic heterocycles. The van der Waals surface area contributed by atoms with Gasteiger partial charge in [-0.05, 0) is 61.0 Å². The first-order valence-electron chi connectivity index (χ1n) is 10.9. The third-order valence-corrected chi connectivity index (χ3v) is 7.87. The molecule has 0 radical (unpaired) electrons. The molecule has 0 unspecified atom stereocenters. The number of hydrogen-bond acceptors (Lipinski definition) is 4. The van der Waals surface area contributed by atoms with Crippen molar-refractivity contribution in [2.45, 2.75) is 13.8 Å². The average molecular weight is 481 g/mol. The van der Waals surface area contributed by atoms with Crippen LogP contribution < -0.4 is 9.80 Å². The lowest BCUT2D eigenvalue weighted by Gasteiger charge is -2.20. The van der Waals surface area contributed by atoms with E-state index in [0.29, 0.717) is 22.5 Å². The van der Waals surface area contributed by atoms with Crippen LogP contribution in [-0.4, -0.2) is 11.8 Å². The normalized spacial score (nSPS) is 15.7. The second kappa shape index (κ2) is 7.94. The van der Waals surface area contributed by atoms with Crippen LogP contribution in [0.25, 0.3) is 11.1 Å². The Morgan fingerprint density at radius 1 is 0.559 bits per heavy atom. The van der Waals surface area contributed by atoms with Gasteiger partial charge in [0.05, 0.1) is 22.5 Å². The lowest BCUT2D eigenvalue weighted by Crippen LogP contribution is -2.26. The number of rotatable bonds is 4. The molecular weight excluding hydrogens is 460 g/mol. The number of benzene rings is 2. The lowest BCUT2D eigenvalue weighted by molar-refractivity contribution is -0.112. The second-order valence-corrected chi connectivity index (χ2v) is 10.2. The minimum atomic E-state index is -0.116. The van der Waals surface area contributed by atoms with Crippen molar-refractivity contribution in [3.8, 4) is 0 Å². The molecule has 0 aliphatic carbocycles. The summed E-state index contributed by atoms with van der Waals surface area (Å²) in [5.41, 5.74) is 6.16.